The van der Waals surface area contributed by atoms with Crippen molar-refractivity contribution in [3.63, 3.8) is 0 Å². The van der Waals surface area contributed by atoms with Crippen molar-refractivity contribution in [1.29, 1.82) is 0 Å². The number of hydrogen-bond donors (Lipinski definition) is 0. The second kappa shape index (κ2) is 1.82. The van der Waals surface area contributed by atoms with E-state index in [0.717, 1.165) is 0 Å². The molecule has 1 aliphatic carbocycles. The summed E-state index contributed by atoms with van der Waals surface area (Å²) in [4.78, 5) is 9.29. The Morgan fingerprint density at radius 1 is 1.57 bits per heavy atom. The predicted octanol–water partition coefficient (Wildman–Crippen LogP) is 1.15. The molecule has 0 amide bonds. The smallest absolute Gasteiger partial charge is 0.0794 e. The van der Waals surface area contributed by atoms with Crippen LogP contribution in [-0.4, -0.2) is 6.21 Å². The predicted molar refractivity (Wildman–Crippen MR) is 27.0 cm³/mol. The lowest BCUT2D eigenvalue weighted by molar-refractivity contribution is 1.15. The van der Waals surface area contributed by atoms with E-state index >= 15 is 0 Å². The number of hydrogen-bond acceptors (Lipinski definition) is 2. The van der Waals surface area contributed by atoms with Gasteiger partial charge in [0.05, 0.1) is 5.29 Å². The minimum Gasteiger partial charge on any atom is -0.124 e. The zero-order chi connectivity index (χ0) is 5.11. The van der Waals surface area contributed by atoms with E-state index in [0.29, 0.717) is 5.92 Å². The first kappa shape index (κ1) is 4.43. The third-order valence-electron chi connectivity index (χ3n) is 0.947. The summed E-state index contributed by atoms with van der Waals surface area (Å²) in [5.41, 5.74) is 0. The van der Waals surface area contributed by atoms with Gasteiger partial charge in [0.1, 0.15) is 0 Å². The molecule has 0 spiro atoms. The van der Waals surface area contributed by atoms with Gasteiger partial charge in [-0.25, -0.2) is 0 Å². The molecular formula is C4H6N2O. The second-order valence-corrected chi connectivity index (χ2v) is 1.68. The van der Waals surface area contributed by atoms with Crippen molar-refractivity contribution in [2.75, 3.05) is 0 Å². The van der Waals surface area contributed by atoms with Crippen LogP contribution in [0.2, 0.25) is 0 Å². The summed E-state index contributed by atoms with van der Waals surface area (Å²) in [6.07, 6.45) is 3.96. The minimum atomic E-state index is 0.567. The van der Waals surface area contributed by atoms with Crippen LogP contribution in [0.4, 0.5) is 0 Å². The van der Waals surface area contributed by atoms with E-state index in [1.807, 2.05) is 0 Å². The summed E-state index contributed by atoms with van der Waals surface area (Å²) >= 11 is 0. The standard InChI is InChI=1S/C4H6N2O/c7-6-5-3-4-1-2-4/h3-4H,1-2H2/b5-3+. The van der Waals surface area contributed by atoms with Crippen LogP contribution in [0.15, 0.2) is 10.4 Å². The van der Waals surface area contributed by atoms with Gasteiger partial charge in [-0.3, -0.25) is 0 Å². The fourth-order valence-corrected chi connectivity index (χ4v) is 0.367. The molecule has 1 fully saturated rings. The van der Waals surface area contributed by atoms with Gasteiger partial charge < -0.3 is 0 Å². The quantitative estimate of drug-likeness (QED) is 0.290. The van der Waals surface area contributed by atoms with E-state index in [1.165, 1.54) is 12.8 Å². The van der Waals surface area contributed by atoms with Gasteiger partial charge in [0.2, 0.25) is 0 Å². The Hall–Kier alpha value is -0.730. The molecule has 3 nitrogen and oxygen atoms in total. The summed E-state index contributed by atoms with van der Waals surface area (Å²) in [5, 5.41) is 5.51. The molecule has 1 saturated carbocycles. The van der Waals surface area contributed by atoms with E-state index in [9.17, 15) is 4.91 Å². The van der Waals surface area contributed by atoms with Gasteiger partial charge in [-0.15, -0.1) is 10.0 Å². The molecular weight excluding hydrogens is 92.1 g/mol. The highest BCUT2D eigenvalue weighted by molar-refractivity contribution is 5.63. The van der Waals surface area contributed by atoms with Crippen molar-refractivity contribution in [3.05, 3.63) is 4.91 Å². The zero-order valence-electron chi connectivity index (χ0n) is 3.87. The van der Waals surface area contributed by atoms with Gasteiger partial charge in [-0.05, 0) is 18.8 Å². The van der Waals surface area contributed by atoms with E-state index in [4.69, 9.17) is 0 Å². The lowest BCUT2D eigenvalue weighted by Crippen LogP contribution is -1.69. The Bertz CT molecular complexity index is 95.9. The van der Waals surface area contributed by atoms with Crippen molar-refractivity contribution in [1.82, 2.24) is 0 Å². The van der Waals surface area contributed by atoms with Gasteiger partial charge in [-0.1, -0.05) is 0 Å². The molecule has 0 atom stereocenters. The number of nitroso groups, excluding NO2 is 1. The number of nitrogens with zero attached hydrogens (tertiary/aromatic N) is 2. The first-order chi connectivity index (χ1) is 3.43. The average molecular weight is 98.1 g/mol. The minimum absolute atomic E-state index is 0.567. The van der Waals surface area contributed by atoms with Crippen molar-refractivity contribution in [2.24, 2.45) is 16.3 Å². The maximum Gasteiger partial charge on any atom is 0.0794 e. The Labute approximate surface area is 41.4 Å². The van der Waals surface area contributed by atoms with Crippen LogP contribution in [0.3, 0.4) is 0 Å². The molecule has 0 heterocycles. The summed E-state index contributed by atoms with van der Waals surface area (Å²) in [7, 11) is 0. The Balaban J connectivity index is 2.17. The van der Waals surface area contributed by atoms with Crippen LogP contribution < -0.4 is 0 Å². The van der Waals surface area contributed by atoms with Crippen LogP contribution in [0.5, 0.6) is 0 Å². The van der Waals surface area contributed by atoms with E-state index in [-0.39, 0.29) is 0 Å². The van der Waals surface area contributed by atoms with Gasteiger partial charge >= 0.3 is 0 Å². The van der Waals surface area contributed by atoms with Crippen LogP contribution in [-0.2, 0) is 0 Å². The summed E-state index contributed by atoms with van der Waals surface area (Å²) in [5.74, 6) is 0.567. The Morgan fingerprint density at radius 2 is 2.29 bits per heavy atom. The number of rotatable bonds is 2. The SMILES string of the molecule is O=N/N=C/C1CC1. The van der Waals surface area contributed by atoms with Gasteiger partial charge in [-0.2, -0.15) is 0 Å². The normalized spacial score (nSPS) is 20.6. The van der Waals surface area contributed by atoms with Gasteiger partial charge in [0.25, 0.3) is 0 Å². The molecule has 7 heavy (non-hydrogen) atoms. The third-order valence-corrected chi connectivity index (χ3v) is 0.947. The molecule has 0 aromatic heterocycles. The van der Waals surface area contributed by atoms with Crippen LogP contribution in [0, 0.1) is 10.8 Å². The highest BCUT2D eigenvalue weighted by Crippen LogP contribution is 2.26. The van der Waals surface area contributed by atoms with Gasteiger partial charge in [0.15, 0.2) is 0 Å². The molecule has 38 valence electrons. The lowest BCUT2D eigenvalue weighted by Gasteiger charge is -1.67. The van der Waals surface area contributed by atoms with E-state index in [2.05, 4.69) is 10.4 Å². The molecule has 1 rings (SSSR count). The fourth-order valence-electron chi connectivity index (χ4n) is 0.367. The maximum atomic E-state index is 9.29. The van der Waals surface area contributed by atoms with E-state index in [1.54, 1.807) is 6.21 Å². The summed E-state index contributed by atoms with van der Waals surface area (Å²) in [6.45, 7) is 0. The van der Waals surface area contributed by atoms with Crippen molar-refractivity contribution in [3.8, 4) is 0 Å². The third kappa shape index (κ3) is 1.43. The summed E-state index contributed by atoms with van der Waals surface area (Å²) < 4.78 is 0. The molecule has 0 radical (unpaired) electrons. The lowest BCUT2D eigenvalue weighted by atomic mass is 10.5. The zero-order valence-corrected chi connectivity index (χ0v) is 3.87. The fraction of sp³-hybridized carbons (Fsp3) is 0.750. The van der Waals surface area contributed by atoms with Crippen LogP contribution in [0.1, 0.15) is 12.8 Å². The Kier molecular flexibility index (Phi) is 1.15. The first-order valence-corrected chi connectivity index (χ1v) is 2.29. The molecule has 3 heteroatoms. The van der Waals surface area contributed by atoms with Crippen molar-refractivity contribution in [2.45, 2.75) is 12.8 Å². The maximum absolute atomic E-state index is 9.29. The monoisotopic (exact) mass is 98.0 g/mol. The summed E-state index contributed by atoms with van der Waals surface area (Å²) in [6, 6.07) is 0. The highest BCUT2D eigenvalue weighted by Gasteiger charge is 2.18. The molecule has 0 unspecified atom stereocenters. The Morgan fingerprint density at radius 3 is 2.71 bits per heavy atom. The van der Waals surface area contributed by atoms with E-state index < -0.39 is 0 Å². The molecule has 0 aromatic carbocycles. The largest absolute Gasteiger partial charge is 0.124 e. The molecule has 0 N–H and O–H groups in total. The molecule has 0 bridgehead atoms. The van der Waals surface area contributed by atoms with Crippen LogP contribution >= 0.6 is 0 Å². The topological polar surface area (TPSA) is 41.8 Å². The highest BCUT2D eigenvalue weighted by atomic mass is 16.3. The average Bonchev–Trinajstić information content (AvgIpc) is 2.42. The van der Waals surface area contributed by atoms with Crippen molar-refractivity contribution < 1.29 is 0 Å². The molecule has 0 aromatic rings. The van der Waals surface area contributed by atoms with Crippen LogP contribution in [0.25, 0.3) is 0 Å². The molecule has 0 aliphatic heterocycles. The van der Waals surface area contributed by atoms with Crippen molar-refractivity contribution >= 4 is 6.21 Å². The molecule has 1 aliphatic rings. The second-order valence-electron chi connectivity index (χ2n) is 1.68. The van der Waals surface area contributed by atoms with Gasteiger partial charge in [0, 0.05) is 6.21 Å². The first-order valence-electron chi connectivity index (χ1n) is 2.29. The molecule has 0 saturated heterocycles.